The van der Waals surface area contributed by atoms with Gasteiger partial charge in [0.15, 0.2) is 0 Å². The van der Waals surface area contributed by atoms with Crippen molar-refractivity contribution in [3.8, 4) is 0 Å². The monoisotopic (exact) mass is 376 g/mol. The van der Waals surface area contributed by atoms with Crippen LogP contribution in [0.2, 0.25) is 0 Å². The Balaban J connectivity index is 0.000000483. The Morgan fingerprint density at radius 1 is 0.481 bits per heavy atom. The van der Waals surface area contributed by atoms with Crippen LogP contribution in [0.3, 0.4) is 0 Å². The number of rotatable bonds is 4. The molecule has 0 amide bonds. The molecule has 0 aliphatic rings. The van der Waals surface area contributed by atoms with Crippen molar-refractivity contribution in [2.45, 2.75) is 79.1 Å². The van der Waals surface area contributed by atoms with Gasteiger partial charge in [0.05, 0.1) is 0 Å². The largest absolute Gasteiger partial charge is 2.00 e. The minimum absolute atomic E-state index is 0. The van der Waals surface area contributed by atoms with Gasteiger partial charge in [0.2, 0.25) is 0 Å². The molecular formula is C24H36MgN2. The maximum absolute atomic E-state index is 8.01. The van der Waals surface area contributed by atoms with E-state index in [4.69, 9.17) is 11.5 Å². The van der Waals surface area contributed by atoms with Gasteiger partial charge < -0.3 is 11.5 Å². The minimum Gasteiger partial charge on any atom is -0.698 e. The third-order valence-corrected chi connectivity index (χ3v) is 4.75. The Morgan fingerprint density at radius 2 is 0.667 bits per heavy atom. The first-order chi connectivity index (χ1) is 12.1. The first-order valence-electron chi connectivity index (χ1n) is 9.76. The van der Waals surface area contributed by atoms with Gasteiger partial charge in [-0.2, -0.15) is 0 Å². The number of hydrogen-bond acceptors (Lipinski definition) is 0. The van der Waals surface area contributed by atoms with Crippen molar-refractivity contribution >= 4 is 34.4 Å². The maximum atomic E-state index is 8.01. The predicted octanol–water partition coefficient (Wildman–Crippen LogP) is 8.85. The van der Waals surface area contributed by atoms with Gasteiger partial charge in [-0.1, -0.05) is 114 Å². The second kappa shape index (κ2) is 11.6. The van der Waals surface area contributed by atoms with E-state index >= 15 is 0 Å². The summed E-state index contributed by atoms with van der Waals surface area (Å²) in [5.41, 5.74) is 22.1. The molecule has 0 bridgehead atoms. The number of nitrogens with one attached hydrogen (secondary N) is 2. The molecule has 0 aromatic heterocycles. The molecular weight excluding hydrogens is 341 g/mol. The van der Waals surface area contributed by atoms with Gasteiger partial charge in [0.25, 0.3) is 0 Å². The van der Waals surface area contributed by atoms with Crippen LogP contribution in [0.5, 0.6) is 0 Å². The average molecular weight is 377 g/mol. The summed E-state index contributed by atoms with van der Waals surface area (Å²) in [5, 5.41) is 0. The topological polar surface area (TPSA) is 47.6 Å². The zero-order chi connectivity index (χ0) is 20.0. The van der Waals surface area contributed by atoms with Crippen molar-refractivity contribution in [3.05, 3.63) is 70.1 Å². The van der Waals surface area contributed by atoms with E-state index in [1.54, 1.807) is 0 Å². The van der Waals surface area contributed by atoms with Gasteiger partial charge >= 0.3 is 23.1 Å². The second-order valence-electron chi connectivity index (χ2n) is 8.24. The van der Waals surface area contributed by atoms with Gasteiger partial charge in [-0.05, 0) is 23.7 Å². The number of benzene rings is 2. The Morgan fingerprint density at radius 3 is 0.815 bits per heavy atom. The van der Waals surface area contributed by atoms with Crippen LogP contribution >= 0.6 is 0 Å². The van der Waals surface area contributed by atoms with Gasteiger partial charge in [0, 0.05) is 0 Å². The fourth-order valence-corrected chi connectivity index (χ4v) is 3.10. The van der Waals surface area contributed by atoms with Crippen LogP contribution in [0.25, 0.3) is 11.5 Å². The Hall–Kier alpha value is -1.19. The zero-order valence-corrected chi connectivity index (χ0v) is 19.9. The van der Waals surface area contributed by atoms with Gasteiger partial charge in [-0.25, -0.2) is 0 Å². The molecule has 0 spiro atoms. The van der Waals surface area contributed by atoms with Crippen molar-refractivity contribution in [1.82, 2.24) is 0 Å². The smallest absolute Gasteiger partial charge is 0.698 e. The molecule has 0 saturated heterocycles. The van der Waals surface area contributed by atoms with Crippen molar-refractivity contribution in [2.75, 3.05) is 0 Å². The van der Waals surface area contributed by atoms with Crippen molar-refractivity contribution in [3.63, 3.8) is 0 Å². The predicted molar refractivity (Wildman–Crippen MR) is 123 cm³/mol. The van der Waals surface area contributed by atoms with Crippen LogP contribution in [0.4, 0.5) is 11.4 Å². The van der Waals surface area contributed by atoms with Crippen molar-refractivity contribution < 1.29 is 0 Å². The molecule has 0 radical (unpaired) electrons. The van der Waals surface area contributed by atoms with E-state index in [0.717, 1.165) is 33.6 Å². The summed E-state index contributed by atoms with van der Waals surface area (Å²) in [6, 6.07) is 12.3. The van der Waals surface area contributed by atoms with E-state index in [0.29, 0.717) is 23.7 Å². The summed E-state index contributed by atoms with van der Waals surface area (Å²) in [7, 11) is 0. The van der Waals surface area contributed by atoms with Crippen molar-refractivity contribution in [2.24, 2.45) is 0 Å². The molecule has 2 N–H and O–H groups in total. The van der Waals surface area contributed by atoms with Gasteiger partial charge in [-0.15, -0.1) is 11.4 Å². The molecule has 2 nitrogen and oxygen atoms in total. The summed E-state index contributed by atoms with van der Waals surface area (Å²) in [6.07, 6.45) is 0. The van der Waals surface area contributed by atoms with Crippen LogP contribution in [-0.4, -0.2) is 23.1 Å². The minimum atomic E-state index is 0. The van der Waals surface area contributed by atoms with E-state index in [-0.39, 0.29) is 23.1 Å². The molecule has 0 unspecified atom stereocenters. The molecule has 0 fully saturated rings. The van der Waals surface area contributed by atoms with E-state index in [1.165, 1.54) is 0 Å². The van der Waals surface area contributed by atoms with Gasteiger partial charge in [-0.3, -0.25) is 0 Å². The molecule has 0 aliphatic heterocycles. The molecule has 27 heavy (non-hydrogen) atoms. The van der Waals surface area contributed by atoms with E-state index in [1.807, 2.05) is 0 Å². The fourth-order valence-electron chi connectivity index (χ4n) is 3.10. The zero-order valence-electron chi connectivity index (χ0n) is 18.5. The van der Waals surface area contributed by atoms with Crippen molar-refractivity contribution in [1.29, 1.82) is 0 Å². The van der Waals surface area contributed by atoms with Crippen LogP contribution < -0.4 is 0 Å². The first kappa shape index (κ1) is 25.8. The quantitative estimate of drug-likeness (QED) is 0.478. The molecule has 0 aliphatic carbocycles. The Labute approximate surface area is 183 Å². The fraction of sp³-hybridized carbons (Fsp3) is 0.500. The summed E-state index contributed by atoms with van der Waals surface area (Å²) in [4.78, 5) is 0. The summed E-state index contributed by atoms with van der Waals surface area (Å²) in [5.74, 6) is 1.80. The molecule has 3 heteroatoms. The first-order valence-corrected chi connectivity index (χ1v) is 9.76. The molecule has 0 saturated carbocycles. The molecule has 0 heterocycles. The van der Waals surface area contributed by atoms with E-state index in [9.17, 15) is 0 Å². The number of hydrogen-bond donors (Lipinski definition) is 0. The molecule has 2 rings (SSSR count). The summed E-state index contributed by atoms with van der Waals surface area (Å²) >= 11 is 0. The molecule has 144 valence electrons. The SMILES string of the molecule is CC(C)c1cccc(C(C)C)c1[NH-].CC(C)c1cccc(C(C)C)c1[NH-].[Mg+2]. The molecule has 2 aromatic carbocycles. The maximum Gasteiger partial charge on any atom is 2.00 e. The third kappa shape index (κ3) is 7.04. The third-order valence-electron chi connectivity index (χ3n) is 4.75. The van der Waals surface area contributed by atoms with Gasteiger partial charge in [0.1, 0.15) is 0 Å². The normalized spacial score (nSPS) is 10.8. The summed E-state index contributed by atoms with van der Waals surface area (Å²) in [6.45, 7) is 17.1. The Kier molecular flexibility index (Phi) is 11.1. The van der Waals surface area contributed by atoms with Crippen LogP contribution in [0.1, 0.15) is 101 Å². The Bertz CT molecular complexity index is 590. The standard InChI is InChI=1S/2C12H18N.Mg/c2*1-8(2)10-6-5-7-11(9(3)4)12(10)13;/h2*5-9,13H,1-4H3;/q2*-1;+2. The van der Waals surface area contributed by atoms with Crippen LogP contribution in [0, 0.1) is 0 Å². The molecule has 2 aromatic rings. The molecule has 0 atom stereocenters. The van der Waals surface area contributed by atoms with Crippen LogP contribution in [-0.2, 0) is 0 Å². The van der Waals surface area contributed by atoms with E-state index in [2.05, 4.69) is 91.8 Å². The second-order valence-corrected chi connectivity index (χ2v) is 8.24. The average Bonchev–Trinajstić information content (AvgIpc) is 2.54. The van der Waals surface area contributed by atoms with Crippen LogP contribution in [0.15, 0.2) is 36.4 Å². The van der Waals surface area contributed by atoms with E-state index < -0.39 is 0 Å². The summed E-state index contributed by atoms with van der Waals surface area (Å²) < 4.78 is 0.